The van der Waals surface area contributed by atoms with Crippen LogP contribution in [0.5, 0.6) is 5.75 Å². The molecule has 0 aliphatic heterocycles. The molecule has 2 heteroatoms. The summed E-state index contributed by atoms with van der Waals surface area (Å²) in [6.07, 6.45) is 0. The lowest BCUT2D eigenvalue weighted by Gasteiger charge is -2.03. The second-order valence-electron chi connectivity index (χ2n) is 2.07. The third-order valence-electron chi connectivity index (χ3n) is 1.31. The number of methoxy groups -OCH3 is 1. The van der Waals surface area contributed by atoms with Crippen molar-refractivity contribution in [2.24, 2.45) is 0 Å². The molecule has 53 valence electrons. The third kappa shape index (κ3) is 1.21. The monoisotopic (exact) mass is 136 g/mol. The summed E-state index contributed by atoms with van der Waals surface area (Å²) in [5, 5.41) is 0. The first kappa shape index (κ1) is 6.93. The van der Waals surface area contributed by atoms with E-state index < -0.39 is 0 Å². The average Bonchev–Trinajstić information content (AvgIpc) is 1.94. The van der Waals surface area contributed by atoms with Gasteiger partial charge in [0.1, 0.15) is 5.75 Å². The van der Waals surface area contributed by atoms with E-state index in [1.54, 1.807) is 19.2 Å². The van der Waals surface area contributed by atoms with Crippen molar-refractivity contribution in [1.82, 2.24) is 0 Å². The van der Waals surface area contributed by atoms with Gasteiger partial charge in [-0.1, -0.05) is 6.07 Å². The van der Waals surface area contributed by atoms with Crippen molar-refractivity contribution in [3.63, 3.8) is 0 Å². The minimum Gasteiger partial charge on any atom is -0.496 e. The van der Waals surface area contributed by atoms with Crippen molar-refractivity contribution in [2.45, 2.75) is 0 Å². The largest absolute Gasteiger partial charge is 0.496 e. The summed E-state index contributed by atoms with van der Waals surface area (Å²) in [6.45, 7) is 3.75. The molecule has 2 nitrogen and oxygen atoms in total. The summed E-state index contributed by atoms with van der Waals surface area (Å²) in [6, 6.07) is 5.38. The topological polar surface area (TPSA) is 35.2 Å². The van der Waals surface area contributed by atoms with Crippen LogP contribution in [-0.2, 0) is 0 Å². The molecular formula is C8H10NO. The number of hydrogen-bond donors (Lipinski definition) is 1. The van der Waals surface area contributed by atoms with E-state index >= 15 is 0 Å². The van der Waals surface area contributed by atoms with Gasteiger partial charge in [-0.3, -0.25) is 0 Å². The summed E-state index contributed by atoms with van der Waals surface area (Å²) in [4.78, 5) is 0. The number of nitrogens with two attached hydrogens (primary N) is 1. The van der Waals surface area contributed by atoms with Crippen LogP contribution in [0.15, 0.2) is 18.2 Å². The highest BCUT2D eigenvalue weighted by Gasteiger charge is 1.95. The highest BCUT2D eigenvalue weighted by molar-refractivity contribution is 5.49. The summed E-state index contributed by atoms with van der Waals surface area (Å²) in [5.41, 5.74) is 7.05. The minimum atomic E-state index is 0.698. The highest BCUT2D eigenvalue weighted by atomic mass is 16.5. The van der Waals surface area contributed by atoms with Crippen LogP contribution in [0, 0.1) is 6.92 Å². The van der Waals surface area contributed by atoms with Gasteiger partial charge in [0.05, 0.1) is 7.11 Å². The molecule has 0 fully saturated rings. The number of benzene rings is 1. The Morgan fingerprint density at radius 2 is 2.20 bits per heavy atom. The van der Waals surface area contributed by atoms with Gasteiger partial charge in [0.2, 0.25) is 0 Å². The fraction of sp³-hybridized carbons (Fsp3) is 0.125. The van der Waals surface area contributed by atoms with E-state index in [1.165, 1.54) is 0 Å². The lowest BCUT2D eigenvalue weighted by atomic mass is 10.2. The number of hydrogen-bond acceptors (Lipinski definition) is 2. The summed E-state index contributed by atoms with van der Waals surface area (Å²) < 4.78 is 4.98. The molecule has 0 saturated carbocycles. The first-order valence-electron chi connectivity index (χ1n) is 2.99. The highest BCUT2D eigenvalue weighted by Crippen LogP contribution is 2.19. The minimum absolute atomic E-state index is 0.698. The van der Waals surface area contributed by atoms with Gasteiger partial charge in [-0.05, 0) is 18.6 Å². The first-order valence-corrected chi connectivity index (χ1v) is 2.99. The molecule has 1 rings (SSSR count). The van der Waals surface area contributed by atoms with Gasteiger partial charge in [-0.2, -0.15) is 0 Å². The van der Waals surface area contributed by atoms with Gasteiger partial charge in [0.15, 0.2) is 0 Å². The molecule has 2 N–H and O–H groups in total. The molecule has 0 amide bonds. The smallest absolute Gasteiger partial charge is 0.124 e. The number of nitrogen functional groups attached to an aromatic ring is 1. The van der Waals surface area contributed by atoms with Crippen LogP contribution in [0.3, 0.4) is 0 Å². The van der Waals surface area contributed by atoms with Crippen molar-refractivity contribution >= 4 is 5.69 Å². The van der Waals surface area contributed by atoms with Crippen LogP contribution in [-0.4, -0.2) is 7.11 Å². The first-order chi connectivity index (χ1) is 4.74. The average molecular weight is 136 g/mol. The van der Waals surface area contributed by atoms with Crippen LogP contribution >= 0.6 is 0 Å². The molecular weight excluding hydrogens is 126 g/mol. The zero-order valence-corrected chi connectivity index (χ0v) is 5.92. The fourth-order valence-electron chi connectivity index (χ4n) is 0.761. The zero-order valence-electron chi connectivity index (χ0n) is 5.92. The molecule has 0 aliphatic rings. The Bertz CT molecular complexity index is 233. The van der Waals surface area contributed by atoms with Crippen LogP contribution in [0.1, 0.15) is 5.56 Å². The predicted molar refractivity (Wildman–Crippen MR) is 41.9 cm³/mol. The summed E-state index contributed by atoms with van der Waals surface area (Å²) in [5.74, 6) is 0.736. The Balaban J connectivity index is 3.09. The third-order valence-corrected chi connectivity index (χ3v) is 1.31. The second-order valence-corrected chi connectivity index (χ2v) is 2.07. The Morgan fingerprint density at radius 3 is 2.70 bits per heavy atom. The maximum atomic E-state index is 5.50. The molecule has 0 saturated heterocycles. The molecule has 10 heavy (non-hydrogen) atoms. The van der Waals surface area contributed by atoms with E-state index in [2.05, 4.69) is 6.92 Å². The molecule has 1 radical (unpaired) electrons. The fourth-order valence-corrected chi connectivity index (χ4v) is 0.761. The van der Waals surface area contributed by atoms with E-state index in [0.717, 1.165) is 11.3 Å². The van der Waals surface area contributed by atoms with Crippen LogP contribution in [0.2, 0.25) is 0 Å². The van der Waals surface area contributed by atoms with Gasteiger partial charge in [0, 0.05) is 11.8 Å². The molecule has 0 aromatic heterocycles. The predicted octanol–water partition coefficient (Wildman–Crippen LogP) is 1.46. The van der Waals surface area contributed by atoms with Gasteiger partial charge < -0.3 is 10.5 Å². The molecule has 0 spiro atoms. The van der Waals surface area contributed by atoms with E-state index in [-0.39, 0.29) is 0 Å². The van der Waals surface area contributed by atoms with Crippen molar-refractivity contribution < 1.29 is 4.74 Å². The normalized spacial score (nSPS) is 9.40. The quantitative estimate of drug-likeness (QED) is 0.593. The van der Waals surface area contributed by atoms with Crippen LogP contribution in [0.25, 0.3) is 0 Å². The van der Waals surface area contributed by atoms with E-state index in [4.69, 9.17) is 10.5 Å². The molecule has 0 unspecified atom stereocenters. The number of ether oxygens (including phenoxy) is 1. The maximum Gasteiger partial charge on any atom is 0.124 e. The van der Waals surface area contributed by atoms with Crippen LogP contribution in [0.4, 0.5) is 5.69 Å². The molecule has 1 aromatic rings. The lowest BCUT2D eigenvalue weighted by molar-refractivity contribution is 0.413. The molecule has 0 atom stereocenters. The van der Waals surface area contributed by atoms with E-state index in [9.17, 15) is 0 Å². The van der Waals surface area contributed by atoms with Crippen molar-refractivity contribution in [1.29, 1.82) is 0 Å². The number of anilines is 1. The Kier molecular flexibility index (Phi) is 1.81. The molecule has 1 aromatic carbocycles. The number of rotatable bonds is 1. The summed E-state index contributed by atoms with van der Waals surface area (Å²) in [7, 11) is 1.60. The van der Waals surface area contributed by atoms with E-state index in [0.29, 0.717) is 5.69 Å². The van der Waals surface area contributed by atoms with Crippen molar-refractivity contribution in [2.75, 3.05) is 12.8 Å². The van der Waals surface area contributed by atoms with Crippen LogP contribution < -0.4 is 10.5 Å². The Hall–Kier alpha value is -1.18. The molecule has 0 aliphatic carbocycles. The molecule has 0 heterocycles. The van der Waals surface area contributed by atoms with E-state index in [1.807, 2.05) is 6.07 Å². The van der Waals surface area contributed by atoms with Gasteiger partial charge in [-0.15, -0.1) is 0 Å². The van der Waals surface area contributed by atoms with Gasteiger partial charge in [-0.25, -0.2) is 0 Å². The van der Waals surface area contributed by atoms with Gasteiger partial charge >= 0.3 is 0 Å². The standard InChI is InChI=1S/C8H10NO/c1-6-3-4-7(9)5-8(6)10-2/h3-5H,1,9H2,2H3. The Morgan fingerprint density at radius 1 is 1.50 bits per heavy atom. The molecule has 0 bridgehead atoms. The lowest BCUT2D eigenvalue weighted by Crippen LogP contribution is -1.89. The Labute approximate surface area is 60.6 Å². The van der Waals surface area contributed by atoms with Gasteiger partial charge in [0.25, 0.3) is 0 Å². The zero-order chi connectivity index (χ0) is 7.56. The SMILES string of the molecule is [CH2]c1ccc(N)cc1OC. The summed E-state index contributed by atoms with van der Waals surface area (Å²) >= 11 is 0. The van der Waals surface area contributed by atoms with Crippen molar-refractivity contribution in [3.05, 3.63) is 30.7 Å². The van der Waals surface area contributed by atoms with Crippen molar-refractivity contribution in [3.8, 4) is 5.75 Å². The maximum absolute atomic E-state index is 5.50. The second kappa shape index (κ2) is 2.60.